The lowest BCUT2D eigenvalue weighted by Crippen LogP contribution is -1.90. The second-order valence-corrected chi connectivity index (χ2v) is 12.7. The molecule has 1 aromatic heterocycles. The molecule has 0 aliphatic heterocycles. The summed E-state index contributed by atoms with van der Waals surface area (Å²) >= 11 is 0. The van der Waals surface area contributed by atoms with E-state index in [4.69, 9.17) is 4.42 Å². The van der Waals surface area contributed by atoms with Gasteiger partial charge in [0.05, 0.1) is 5.56 Å². The number of fused-ring (bicyclic) bond motifs is 7. The van der Waals surface area contributed by atoms with Crippen LogP contribution in [-0.2, 0) is 0 Å². The third kappa shape index (κ3) is 4.00. The first-order valence-electron chi connectivity index (χ1n) is 16.6. The van der Waals surface area contributed by atoms with Crippen molar-refractivity contribution < 1.29 is 4.42 Å². The maximum atomic E-state index is 10.2. The zero-order valence-electron chi connectivity index (χ0n) is 26.4. The second kappa shape index (κ2) is 10.7. The van der Waals surface area contributed by atoms with E-state index in [2.05, 4.69) is 133 Å². The Labute approximate surface area is 282 Å². The molecule has 2 nitrogen and oxygen atoms in total. The van der Waals surface area contributed by atoms with Gasteiger partial charge in [-0.2, -0.15) is 5.26 Å². The van der Waals surface area contributed by atoms with Gasteiger partial charge in [0.25, 0.3) is 0 Å². The van der Waals surface area contributed by atoms with Crippen LogP contribution in [0.25, 0.3) is 98.4 Å². The van der Waals surface area contributed by atoms with Crippen LogP contribution >= 0.6 is 0 Å². The smallest absolute Gasteiger partial charge is 0.143 e. The van der Waals surface area contributed by atoms with Crippen molar-refractivity contribution >= 4 is 65.0 Å². The number of rotatable bonds is 3. The van der Waals surface area contributed by atoms with Crippen molar-refractivity contribution in [3.63, 3.8) is 0 Å². The topological polar surface area (TPSA) is 36.9 Å². The Hall–Kier alpha value is -6.69. The molecule has 0 atom stereocenters. The highest BCUT2D eigenvalue weighted by atomic mass is 16.3. The predicted molar refractivity (Wildman–Crippen MR) is 205 cm³/mol. The van der Waals surface area contributed by atoms with Crippen molar-refractivity contribution in [1.82, 2.24) is 0 Å². The zero-order valence-corrected chi connectivity index (χ0v) is 26.4. The molecule has 226 valence electrons. The fourth-order valence-corrected chi connectivity index (χ4v) is 8.04. The summed E-state index contributed by atoms with van der Waals surface area (Å²) < 4.78 is 6.93. The van der Waals surface area contributed by atoms with Crippen LogP contribution in [0.4, 0.5) is 0 Å². The summed E-state index contributed by atoms with van der Waals surface area (Å²) in [6.45, 7) is 0. The van der Waals surface area contributed by atoms with Gasteiger partial charge in [0.2, 0.25) is 0 Å². The Balaban J connectivity index is 1.26. The average Bonchev–Trinajstić information content (AvgIpc) is 3.54. The van der Waals surface area contributed by atoms with E-state index in [0.29, 0.717) is 5.56 Å². The van der Waals surface area contributed by atoms with Crippen LogP contribution in [0.1, 0.15) is 5.56 Å². The SMILES string of the molecule is N#Cc1c2ccccc2c(-c2ccc3c(c2)oc2c(-c4c5ccccc5c(-c5ccccc5)c5ccccc45)cccc23)c2ccccc12. The summed E-state index contributed by atoms with van der Waals surface area (Å²) in [7, 11) is 0. The molecule has 10 aromatic rings. The highest BCUT2D eigenvalue weighted by Gasteiger charge is 2.21. The first-order valence-corrected chi connectivity index (χ1v) is 16.6. The number of nitriles is 1. The van der Waals surface area contributed by atoms with Crippen molar-refractivity contribution in [3.8, 4) is 39.4 Å². The van der Waals surface area contributed by atoms with Gasteiger partial charge in [-0.05, 0) is 66.7 Å². The minimum absolute atomic E-state index is 0.710. The largest absolute Gasteiger partial charge is 0.455 e. The highest BCUT2D eigenvalue weighted by molar-refractivity contribution is 6.24. The van der Waals surface area contributed by atoms with E-state index in [-0.39, 0.29) is 0 Å². The van der Waals surface area contributed by atoms with Crippen LogP contribution in [0.15, 0.2) is 168 Å². The highest BCUT2D eigenvalue weighted by Crippen LogP contribution is 2.47. The summed E-state index contributed by atoms with van der Waals surface area (Å²) in [6, 6.07) is 60.2. The van der Waals surface area contributed by atoms with Gasteiger partial charge in [0.15, 0.2) is 0 Å². The molecule has 0 unspecified atom stereocenters. The maximum absolute atomic E-state index is 10.2. The van der Waals surface area contributed by atoms with Gasteiger partial charge < -0.3 is 4.42 Å². The summed E-state index contributed by atoms with van der Waals surface area (Å²) in [5, 5.41) is 21.2. The van der Waals surface area contributed by atoms with Crippen molar-refractivity contribution in [2.24, 2.45) is 0 Å². The maximum Gasteiger partial charge on any atom is 0.143 e. The van der Waals surface area contributed by atoms with E-state index in [1.165, 1.54) is 38.2 Å². The van der Waals surface area contributed by atoms with E-state index < -0.39 is 0 Å². The molecule has 0 radical (unpaired) electrons. The van der Waals surface area contributed by atoms with Gasteiger partial charge in [0, 0.05) is 32.7 Å². The van der Waals surface area contributed by atoms with Crippen molar-refractivity contribution in [2.45, 2.75) is 0 Å². The van der Waals surface area contributed by atoms with Crippen LogP contribution < -0.4 is 0 Å². The van der Waals surface area contributed by atoms with E-state index >= 15 is 0 Å². The van der Waals surface area contributed by atoms with Crippen LogP contribution in [0, 0.1) is 11.3 Å². The standard InChI is InChI=1S/C47H27NO/c48-28-42-31-15-4-6-17-34(31)45(35-18-7-5-16-32(35)42)30-25-26-33-40-23-12-24-41(47(40)49-43(33)27-30)46-38-21-10-8-19-36(38)44(29-13-2-1-3-14-29)37-20-9-11-22-39(37)46/h1-27H. The van der Waals surface area contributed by atoms with E-state index in [1.54, 1.807) is 0 Å². The van der Waals surface area contributed by atoms with Crippen LogP contribution in [0.3, 0.4) is 0 Å². The summed E-state index contributed by atoms with van der Waals surface area (Å²) in [6.07, 6.45) is 0. The first-order chi connectivity index (χ1) is 24.3. The summed E-state index contributed by atoms with van der Waals surface area (Å²) in [5.41, 5.74) is 9.32. The van der Waals surface area contributed by atoms with Gasteiger partial charge in [0.1, 0.15) is 17.2 Å². The second-order valence-electron chi connectivity index (χ2n) is 12.7. The molecular formula is C47H27NO. The van der Waals surface area contributed by atoms with Crippen molar-refractivity contribution in [3.05, 3.63) is 169 Å². The molecule has 0 aliphatic rings. The molecule has 10 rings (SSSR count). The number of hydrogen-bond donors (Lipinski definition) is 0. The molecule has 0 amide bonds. The fraction of sp³-hybridized carbons (Fsp3) is 0. The quantitative estimate of drug-likeness (QED) is 0.184. The number of para-hydroxylation sites is 1. The normalized spacial score (nSPS) is 11.7. The van der Waals surface area contributed by atoms with Gasteiger partial charge >= 0.3 is 0 Å². The molecule has 0 saturated heterocycles. The number of benzene rings is 9. The van der Waals surface area contributed by atoms with Crippen LogP contribution in [0.5, 0.6) is 0 Å². The van der Waals surface area contributed by atoms with Gasteiger partial charge in [-0.25, -0.2) is 0 Å². The Morgan fingerprint density at radius 1 is 0.367 bits per heavy atom. The van der Waals surface area contributed by atoms with Gasteiger partial charge in [-0.15, -0.1) is 0 Å². The molecule has 49 heavy (non-hydrogen) atoms. The summed E-state index contributed by atoms with van der Waals surface area (Å²) in [5.74, 6) is 0. The van der Waals surface area contributed by atoms with E-state index in [9.17, 15) is 5.26 Å². The van der Waals surface area contributed by atoms with Crippen molar-refractivity contribution in [2.75, 3.05) is 0 Å². The lowest BCUT2D eigenvalue weighted by molar-refractivity contribution is 0.670. The molecule has 2 heteroatoms. The Morgan fingerprint density at radius 3 is 1.41 bits per heavy atom. The molecule has 0 spiro atoms. The van der Waals surface area contributed by atoms with Crippen LogP contribution in [0.2, 0.25) is 0 Å². The van der Waals surface area contributed by atoms with Gasteiger partial charge in [-0.1, -0.05) is 152 Å². The Kier molecular flexibility index (Phi) is 5.97. The number of nitrogens with zero attached hydrogens (tertiary/aromatic N) is 1. The van der Waals surface area contributed by atoms with Crippen molar-refractivity contribution in [1.29, 1.82) is 5.26 Å². The molecule has 0 fully saturated rings. The lowest BCUT2D eigenvalue weighted by Gasteiger charge is -2.17. The van der Waals surface area contributed by atoms with Crippen LogP contribution in [-0.4, -0.2) is 0 Å². The monoisotopic (exact) mass is 621 g/mol. The van der Waals surface area contributed by atoms with Gasteiger partial charge in [-0.3, -0.25) is 0 Å². The fourth-order valence-electron chi connectivity index (χ4n) is 8.04. The molecular weight excluding hydrogens is 595 g/mol. The molecule has 0 aliphatic carbocycles. The molecule has 0 saturated carbocycles. The zero-order chi connectivity index (χ0) is 32.5. The molecule has 1 heterocycles. The molecule has 0 N–H and O–H groups in total. The average molecular weight is 622 g/mol. The molecule has 9 aromatic carbocycles. The minimum atomic E-state index is 0.710. The lowest BCUT2D eigenvalue weighted by atomic mass is 9.85. The van der Waals surface area contributed by atoms with E-state index in [0.717, 1.165) is 60.2 Å². The number of hydrogen-bond acceptors (Lipinski definition) is 2. The Morgan fingerprint density at radius 2 is 0.837 bits per heavy atom. The van der Waals surface area contributed by atoms with E-state index in [1.807, 2.05) is 36.4 Å². The number of furan rings is 1. The predicted octanol–water partition coefficient (Wildman–Crippen LogP) is 13.1. The minimum Gasteiger partial charge on any atom is -0.455 e. The first kappa shape index (κ1) is 27.4. The Bertz CT molecular complexity index is 2880. The molecule has 0 bridgehead atoms. The third-order valence-corrected chi connectivity index (χ3v) is 10.1. The summed E-state index contributed by atoms with van der Waals surface area (Å²) in [4.78, 5) is 0. The third-order valence-electron chi connectivity index (χ3n) is 10.1.